The molecule has 6 heteroatoms. The van der Waals surface area contributed by atoms with E-state index >= 15 is 0 Å². The Labute approximate surface area is 137 Å². The average Bonchev–Trinajstić information content (AvgIpc) is 2.93. The molecule has 0 radical (unpaired) electrons. The van der Waals surface area contributed by atoms with Gasteiger partial charge in [-0.3, -0.25) is 9.59 Å². The Balaban J connectivity index is 2.18. The second-order valence-corrected chi connectivity index (χ2v) is 6.97. The predicted octanol–water partition coefficient (Wildman–Crippen LogP) is 3.72. The van der Waals surface area contributed by atoms with Crippen LogP contribution in [-0.4, -0.2) is 23.2 Å². The normalized spacial score (nSPS) is 11.9. The van der Waals surface area contributed by atoms with E-state index in [1.807, 2.05) is 43.5 Å². The zero-order valence-electron chi connectivity index (χ0n) is 12.3. The van der Waals surface area contributed by atoms with Crippen molar-refractivity contribution in [3.63, 3.8) is 0 Å². The molecule has 2 aromatic rings. The fraction of sp³-hybridized carbons (Fsp3) is 0.250. The first-order chi connectivity index (χ1) is 10.5. The van der Waals surface area contributed by atoms with Gasteiger partial charge in [0.15, 0.2) is 0 Å². The lowest BCUT2D eigenvalue weighted by Crippen LogP contribution is -2.29. The molecule has 0 spiro atoms. The minimum Gasteiger partial charge on any atom is -0.481 e. The lowest BCUT2D eigenvalue weighted by Gasteiger charge is -2.17. The van der Waals surface area contributed by atoms with Crippen LogP contribution in [0.5, 0.6) is 0 Å². The third-order valence-electron chi connectivity index (χ3n) is 3.17. The zero-order chi connectivity index (χ0) is 16.1. The number of aliphatic carboxylic acids is 1. The Morgan fingerprint density at radius 1 is 1.23 bits per heavy atom. The van der Waals surface area contributed by atoms with Crippen molar-refractivity contribution >= 4 is 35.0 Å². The maximum atomic E-state index is 12.2. The van der Waals surface area contributed by atoms with Gasteiger partial charge < -0.3 is 10.4 Å². The van der Waals surface area contributed by atoms with Gasteiger partial charge in [0.2, 0.25) is 0 Å². The van der Waals surface area contributed by atoms with E-state index in [-0.39, 0.29) is 12.3 Å². The average molecular weight is 335 g/mol. The predicted molar refractivity (Wildman–Crippen MR) is 89.7 cm³/mol. The van der Waals surface area contributed by atoms with Crippen LogP contribution in [0.4, 0.5) is 0 Å². The van der Waals surface area contributed by atoms with Crippen molar-refractivity contribution in [1.29, 1.82) is 0 Å². The number of rotatable bonds is 6. The van der Waals surface area contributed by atoms with Gasteiger partial charge in [-0.15, -0.1) is 23.1 Å². The van der Waals surface area contributed by atoms with Crippen LogP contribution in [0.3, 0.4) is 0 Å². The van der Waals surface area contributed by atoms with E-state index in [9.17, 15) is 9.59 Å². The molecule has 0 aliphatic heterocycles. The number of amides is 1. The van der Waals surface area contributed by atoms with Crippen LogP contribution in [0.1, 0.15) is 32.6 Å². The molecule has 1 unspecified atom stereocenters. The van der Waals surface area contributed by atoms with Gasteiger partial charge in [-0.05, 0) is 43.0 Å². The molecular weight excluding hydrogens is 318 g/mol. The number of benzene rings is 1. The first-order valence-corrected chi connectivity index (χ1v) is 8.76. The van der Waals surface area contributed by atoms with Gasteiger partial charge >= 0.3 is 5.97 Å². The topological polar surface area (TPSA) is 66.4 Å². The molecule has 0 bridgehead atoms. The van der Waals surface area contributed by atoms with Gasteiger partial charge in [-0.1, -0.05) is 12.1 Å². The number of thiophene rings is 1. The summed E-state index contributed by atoms with van der Waals surface area (Å²) in [4.78, 5) is 26.1. The van der Waals surface area contributed by atoms with Gasteiger partial charge in [-0.25, -0.2) is 0 Å². The standard InChI is InChI=1S/C16H17NO3S2/c1-10-3-8-14(22-10)16(20)17-13(9-15(18)19)11-4-6-12(21-2)7-5-11/h3-8,13H,9H2,1-2H3,(H,17,20)(H,18,19). The Morgan fingerprint density at radius 2 is 1.91 bits per heavy atom. The third kappa shape index (κ3) is 4.35. The number of carboxylic acids is 1. The van der Waals surface area contributed by atoms with Crippen LogP contribution >= 0.6 is 23.1 Å². The maximum Gasteiger partial charge on any atom is 0.305 e. The van der Waals surface area contributed by atoms with Crippen molar-refractivity contribution in [2.75, 3.05) is 6.26 Å². The zero-order valence-corrected chi connectivity index (χ0v) is 14.0. The van der Waals surface area contributed by atoms with Crippen LogP contribution in [0.15, 0.2) is 41.3 Å². The lowest BCUT2D eigenvalue weighted by molar-refractivity contribution is -0.137. The van der Waals surface area contributed by atoms with E-state index < -0.39 is 12.0 Å². The van der Waals surface area contributed by atoms with E-state index in [1.165, 1.54) is 11.3 Å². The first-order valence-electron chi connectivity index (χ1n) is 6.72. The summed E-state index contributed by atoms with van der Waals surface area (Å²) < 4.78 is 0. The quantitative estimate of drug-likeness (QED) is 0.790. The molecule has 22 heavy (non-hydrogen) atoms. The highest BCUT2D eigenvalue weighted by Crippen LogP contribution is 2.23. The summed E-state index contributed by atoms with van der Waals surface area (Å²) >= 11 is 3.01. The van der Waals surface area contributed by atoms with Crippen molar-refractivity contribution in [2.24, 2.45) is 0 Å². The van der Waals surface area contributed by atoms with Crippen molar-refractivity contribution in [3.8, 4) is 0 Å². The summed E-state index contributed by atoms with van der Waals surface area (Å²) in [6, 6.07) is 10.7. The number of aryl methyl sites for hydroxylation is 1. The minimum atomic E-state index is -0.943. The van der Waals surface area contributed by atoms with E-state index in [0.717, 1.165) is 15.3 Å². The largest absolute Gasteiger partial charge is 0.481 e. The summed E-state index contributed by atoms with van der Waals surface area (Å²) in [5.41, 5.74) is 0.793. The Hall–Kier alpha value is -1.79. The molecule has 0 aliphatic carbocycles. The second-order valence-electron chi connectivity index (χ2n) is 4.81. The third-order valence-corrected chi connectivity index (χ3v) is 4.91. The molecule has 2 rings (SSSR count). The smallest absolute Gasteiger partial charge is 0.305 e. The number of carboxylic acid groups (broad SMARTS) is 1. The summed E-state index contributed by atoms with van der Waals surface area (Å²) in [5.74, 6) is -1.18. The number of hydrogen-bond donors (Lipinski definition) is 2. The summed E-state index contributed by atoms with van der Waals surface area (Å²) in [6.45, 7) is 1.93. The highest BCUT2D eigenvalue weighted by molar-refractivity contribution is 7.98. The maximum absolute atomic E-state index is 12.2. The monoisotopic (exact) mass is 335 g/mol. The van der Waals surface area contributed by atoms with E-state index in [0.29, 0.717) is 4.88 Å². The molecule has 0 saturated carbocycles. The van der Waals surface area contributed by atoms with Gasteiger partial charge in [0.25, 0.3) is 5.91 Å². The molecule has 1 aromatic heterocycles. The summed E-state index contributed by atoms with van der Waals surface area (Å²) in [5, 5.41) is 11.9. The molecule has 0 fully saturated rings. The van der Waals surface area contributed by atoms with Crippen LogP contribution in [0, 0.1) is 6.92 Å². The van der Waals surface area contributed by atoms with Crippen molar-refractivity contribution < 1.29 is 14.7 Å². The fourth-order valence-electron chi connectivity index (χ4n) is 2.05. The van der Waals surface area contributed by atoms with Gasteiger partial charge in [0.1, 0.15) is 0 Å². The van der Waals surface area contributed by atoms with Gasteiger partial charge in [0, 0.05) is 9.77 Å². The van der Waals surface area contributed by atoms with E-state index in [1.54, 1.807) is 17.8 Å². The van der Waals surface area contributed by atoms with Crippen molar-refractivity contribution in [3.05, 3.63) is 51.7 Å². The van der Waals surface area contributed by atoms with E-state index in [4.69, 9.17) is 5.11 Å². The number of carbonyl (C=O) groups excluding carboxylic acids is 1. The molecule has 1 aromatic carbocycles. The molecule has 1 amide bonds. The van der Waals surface area contributed by atoms with Crippen LogP contribution in [0.25, 0.3) is 0 Å². The second kappa shape index (κ2) is 7.47. The number of hydrogen-bond acceptors (Lipinski definition) is 4. The highest BCUT2D eigenvalue weighted by Gasteiger charge is 2.19. The molecule has 4 nitrogen and oxygen atoms in total. The van der Waals surface area contributed by atoms with Gasteiger partial charge in [0.05, 0.1) is 17.3 Å². The minimum absolute atomic E-state index is 0.144. The van der Waals surface area contributed by atoms with Crippen LogP contribution < -0.4 is 5.32 Å². The Kier molecular flexibility index (Phi) is 5.63. The lowest BCUT2D eigenvalue weighted by atomic mass is 10.0. The molecule has 1 atom stereocenters. The summed E-state index contributed by atoms with van der Waals surface area (Å²) in [7, 11) is 0. The Morgan fingerprint density at radius 3 is 2.41 bits per heavy atom. The van der Waals surface area contributed by atoms with Crippen molar-refractivity contribution in [1.82, 2.24) is 5.32 Å². The van der Waals surface area contributed by atoms with E-state index in [2.05, 4.69) is 5.32 Å². The number of thioether (sulfide) groups is 1. The fourth-order valence-corrected chi connectivity index (χ4v) is 3.23. The molecule has 2 N–H and O–H groups in total. The summed E-state index contributed by atoms with van der Waals surface area (Å²) in [6.07, 6.45) is 1.83. The molecule has 0 saturated heterocycles. The molecule has 1 heterocycles. The SMILES string of the molecule is CSc1ccc(C(CC(=O)O)NC(=O)c2ccc(C)s2)cc1. The molecule has 116 valence electrons. The Bertz CT molecular complexity index is 664. The first kappa shape index (κ1) is 16.6. The number of nitrogens with one attached hydrogen (secondary N) is 1. The molecule has 0 aliphatic rings. The highest BCUT2D eigenvalue weighted by atomic mass is 32.2. The van der Waals surface area contributed by atoms with Crippen LogP contribution in [-0.2, 0) is 4.79 Å². The number of carbonyl (C=O) groups is 2. The van der Waals surface area contributed by atoms with Gasteiger partial charge in [-0.2, -0.15) is 0 Å². The van der Waals surface area contributed by atoms with Crippen LogP contribution in [0.2, 0.25) is 0 Å². The molecular formula is C16H17NO3S2. The van der Waals surface area contributed by atoms with Crippen molar-refractivity contribution in [2.45, 2.75) is 24.3 Å².